The van der Waals surface area contributed by atoms with Crippen LogP contribution in [-0.4, -0.2) is 23.4 Å². The molecule has 0 bridgehead atoms. The van der Waals surface area contributed by atoms with E-state index in [4.69, 9.17) is 17.3 Å². The summed E-state index contributed by atoms with van der Waals surface area (Å²) in [6, 6.07) is 5.48. The summed E-state index contributed by atoms with van der Waals surface area (Å²) in [5.41, 5.74) is 6.79. The van der Waals surface area contributed by atoms with Gasteiger partial charge in [-0.05, 0) is 37.8 Å². The lowest BCUT2D eigenvalue weighted by Gasteiger charge is -2.36. The van der Waals surface area contributed by atoms with E-state index in [2.05, 4.69) is 13.8 Å². The monoisotopic (exact) mass is 266 g/mol. The maximum absolute atomic E-state index is 12.5. The van der Waals surface area contributed by atoms with Crippen molar-refractivity contribution in [3.8, 4) is 0 Å². The number of rotatable bonds is 1. The summed E-state index contributed by atoms with van der Waals surface area (Å²) < 4.78 is 0. The molecule has 3 nitrogen and oxygen atoms in total. The number of nitrogens with zero attached hydrogens (tertiary/aromatic N) is 1. The number of carbonyl (C=O) groups is 1. The fraction of sp³-hybridized carbons (Fsp3) is 0.500. The highest BCUT2D eigenvalue weighted by atomic mass is 35.5. The highest BCUT2D eigenvalue weighted by Gasteiger charge is 2.28. The van der Waals surface area contributed by atoms with Crippen molar-refractivity contribution >= 4 is 23.2 Å². The lowest BCUT2D eigenvalue weighted by atomic mass is 9.93. The predicted molar refractivity (Wildman–Crippen MR) is 74.8 cm³/mol. The molecule has 4 heteroatoms. The van der Waals surface area contributed by atoms with Gasteiger partial charge in [-0.3, -0.25) is 4.79 Å². The van der Waals surface area contributed by atoms with E-state index in [-0.39, 0.29) is 11.9 Å². The van der Waals surface area contributed by atoms with Crippen LogP contribution in [-0.2, 0) is 0 Å². The Hall–Kier alpha value is -1.22. The number of para-hydroxylation sites is 1. The van der Waals surface area contributed by atoms with Crippen molar-refractivity contribution in [3.63, 3.8) is 0 Å². The molecule has 1 fully saturated rings. The molecule has 2 rings (SSSR count). The zero-order chi connectivity index (χ0) is 13.3. The summed E-state index contributed by atoms with van der Waals surface area (Å²) in [6.45, 7) is 5.12. The van der Waals surface area contributed by atoms with Gasteiger partial charge in [0.05, 0.1) is 16.3 Å². The van der Waals surface area contributed by atoms with Crippen molar-refractivity contribution in [1.82, 2.24) is 4.90 Å². The second-order valence-corrected chi connectivity index (χ2v) is 5.59. The Morgan fingerprint density at radius 2 is 2.17 bits per heavy atom. The van der Waals surface area contributed by atoms with E-state index in [0.29, 0.717) is 22.2 Å². The first kappa shape index (κ1) is 13.2. The number of benzene rings is 1. The minimum Gasteiger partial charge on any atom is -0.397 e. The van der Waals surface area contributed by atoms with Crippen LogP contribution in [0.25, 0.3) is 0 Å². The van der Waals surface area contributed by atoms with Crippen molar-refractivity contribution in [2.45, 2.75) is 32.7 Å². The van der Waals surface area contributed by atoms with Gasteiger partial charge in [0.1, 0.15) is 0 Å². The fourth-order valence-electron chi connectivity index (χ4n) is 2.59. The van der Waals surface area contributed by atoms with Gasteiger partial charge in [-0.25, -0.2) is 0 Å². The standard InChI is InChI=1S/C14H19ClN2O/c1-9-6-7-17(10(2)8-9)14(18)11-4-3-5-12(15)13(11)16/h3-5,9-10H,6-8,16H2,1-2H3. The molecule has 2 unspecified atom stereocenters. The van der Waals surface area contributed by atoms with Gasteiger partial charge in [-0.2, -0.15) is 0 Å². The average molecular weight is 267 g/mol. The lowest BCUT2D eigenvalue weighted by Crippen LogP contribution is -2.44. The lowest BCUT2D eigenvalue weighted by molar-refractivity contribution is 0.0590. The first-order chi connectivity index (χ1) is 8.50. The van der Waals surface area contributed by atoms with Crippen molar-refractivity contribution in [2.24, 2.45) is 5.92 Å². The third-order valence-corrected chi connectivity index (χ3v) is 4.01. The van der Waals surface area contributed by atoms with Crippen molar-refractivity contribution in [3.05, 3.63) is 28.8 Å². The van der Waals surface area contributed by atoms with Crippen LogP contribution in [0.4, 0.5) is 5.69 Å². The Morgan fingerprint density at radius 3 is 2.83 bits per heavy atom. The highest BCUT2D eigenvalue weighted by Crippen LogP contribution is 2.28. The van der Waals surface area contributed by atoms with Gasteiger partial charge in [-0.15, -0.1) is 0 Å². The second-order valence-electron chi connectivity index (χ2n) is 5.18. The zero-order valence-corrected chi connectivity index (χ0v) is 11.6. The molecule has 2 atom stereocenters. The highest BCUT2D eigenvalue weighted by molar-refractivity contribution is 6.33. The van der Waals surface area contributed by atoms with Gasteiger partial charge in [0.15, 0.2) is 0 Å². The predicted octanol–water partition coefficient (Wildman–Crippen LogP) is 3.18. The molecule has 18 heavy (non-hydrogen) atoms. The molecule has 1 aromatic carbocycles. The van der Waals surface area contributed by atoms with Crippen molar-refractivity contribution in [1.29, 1.82) is 0 Å². The SMILES string of the molecule is CC1CCN(C(=O)c2cccc(Cl)c2N)C(C)C1. The molecule has 0 radical (unpaired) electrons. The number of halogens is 1. The molecule has 1 heterocycles. The van der Waals surface area contributed by atoms with Crippen LogP contribution >= 0.6 is 11.6 Å². The number of anilines is 1. The van der Waals surface area contributed by atoms with E-state index in [9.17, 15) is 4.79 Å². The van der Waals surface area contributed by atoms with E-state index in [1.807, 2.05) is 4.90 Å². The van der Waals surface area contributed by atoms with Crippen LogP contribution in [0, 0.1) is 5.92 Å². The van der Waals surface area contributed by atoms with E-state index >= 15 is 0 Å². The van der Waals surface area contributed by atoms with E-state index in [0.717, 1.165) is 19.4 Å². The third kappa shape index (κ3) is 2.46. The summed E-state index contributed by atoms with van der Waals surface area (Å²) in [5.74, 6) is 0.676. The van der Waals surface area contributed by atoms with Crippen molar-refractivity contribution < 1.29 is 4.79 Å². The van der Waals surface area contributed by atoms with Gasteiger partial charge in [0.25, 0.3) is 5.91 Å². The molecule has 2 N–H and O–H groups in total. The molecular formula is C14H19ClN2O. The molecule has 1 saturated heterocycles. The minimum absolute atomic E-state index is 0.00519. The molecule has 1 aliphatic rings. The quantitative estimate of drug-likeness (QED) is 0.794. The number of piperidine rings is 1. The first-order valence-electron chi connectivity index (χ1n) is 6.35. The summed E-state index contributed by atoms with van der Waals surface area (Å²) in [7, 11) is 0. The number of hydrogen-bond acceptors (Lipinski definition) is 2. The molecule has 0 aliphatic carbocycles. The largest absolute Gasteiger partial charge is 0.397 e. The molecule has 1 aromatic rings. The number of likely N-dealkylation sites (tertiary alicyclic amines) is 1. The smallest absolute Gasteiger partial charge is 0.256 e. The molecule has 1 aliphatic heterocycles. The van der Waals surface area contributed by atoms with Crippen LogP contribution in [0.5, 0.6) is 0 Å². The molecule has 0 saturated carbocycles. The Morgan fingerprint density at radius 1 is 1.44 bits per heavy atom. The molecule has 1 amide bonds. The van der Waals surface area contributed by atoms with E-state index in [1.165, 1.54) is 0 Å². The summed E-state index contributed by atoms with van der Waals surface area (Å²) in [4.78, 5) is 14.4. The molecule has 98 valence electrons. The van der Waals surface area contributed by atoms with Gasteiger partial charge in [-0.1, -0.05) is 24.6 Å². The average Bonchev–Trinajstić information content (AvgIpc) is 2.32. The maximum atomic E-state index is 12.5. The minimum atomic E-state index is -0.00519. The summed E-state index contributed by atoms with van der Waals surface area (Å²) in [5, 5.41) is 0.443. The van der Waals surface area contributed by atoms with Crippen LogP contribution in [0.3, 0.4) is 0 Å². The number of nitrogens with two attached hydrogens (primary N) is 1. The number of carbonyl (C=O) groups excluding carboxylic acids is 1. The van der Waals surface area contributed by atoms with Crippen LogP contribution in [0.15, 0.2) is 18.2 Å². The Kier molecular flexibility index (Phi) is 3.81. The van der Waals surface area contributed by atoms with E-state index in [1.54, 1.807) is 18.2 Å². The van der Waals surface area contributed by atoms with Gasteiger partial charge in [0, 0.05) is 12.6 Å². The maximum Gasteiger partial charge on any atom is 0.256 e. The van der Waals surface area contributed by atoms with E-state index < -0.39 is 0 Å². The summed E-state index contributed by atoms with van der Waals surface area (Å²) >= 11 is 5.96. The normalized spacial score (nSPS) is 24.1. The number of nitrogen functional groups attached to an aromatic ring is 1. The van der Waals surface area contributed by atoms with Crippen LogP contribution in [0.1, 0.15) is 37.0 Å². The Bertz CT molecular complexity index is 461. The van der Waals surface area contributed by atoms with Crippen molar-refractivity contribution in [2.75, 3.05) is 12.3 Å². The molecule has 0 spiro atoms. The third-order valence-electron chi connectivity index (χ3n) is 3.68. The number of amides is 1. The van der Waals surface area contributed by atoms with Crippen LogP contribution in [0.2, 0.25) is 5.02 Å². The zero-order valence-electron chi connectivity index (χ0n) is 10.8. The Labute approximate surface area is 113 Å². The first-order valence-corrected chi connectivity index (χ1v) is 6.73. The topological polar surface area (TPSA) is 46.3 Å². The Balaban J connectivity index is 2.23. The molecule has 0 aromatic heterocycles. The van der Waals surface area contributed by atoms with Crippen LogP contribution < -0.4 is 5.73 Å². The van der Waals surface area contributed by atoms with Gasteiger partial charge >= 0.3 is 0 Å². The second kappa shape index (κ2) is 5.19. The van der Waals surface area contributed by atoms with Gasteiger partial charge in [0.2, 0.25) is 0 Å². The number of hydrogen-bond donors (Lipinski definition) is 1. The fourth-order valence-corrected chi connectivity index (χ4v) is 2.76. The summed E-state index contributed by atoms with van der Waals surface area (Å²) in [6.07, 6.45) is 2.10. The van der Waals surface area contributed by atoms with Gasteiger partial charge < -0.3 is 10.6 Å². The molecular weight excluding hydrogens is 248 g/mol.